The number of nitrogens with zero attached hydrogens (tertiary/aromatic N) is 2. The summed E-state index contributed by atoms with van der Waals surface area (Å²) in [4.78, 5) is 28.7. The Morgan fingerprint density at radius 3 is 2.69 bits per heavy atom. The van der Waals surface area contributed by atoms with Crippen LogP contribution in [0, 0.1) is 0 Å². The van der Waals surface area contributed by atoms with E-state index >= 15 is 0 Å². The lowest BCUT2D eigenvalue weighted by molar-refractivity contribution is 0.0706. The summed E-state index contributed by atoms with van der Waals surface area (Å²) in [7, 11) is 0. The standard InChI is InChI=1S/C23H19N3O3/c27-22(25-29)19-7-6-17-9-12-26(23(28)21(17)14-19)11-8-16-3-1-4-18(13-16)20-5-2-10-24-15-20/h1-7,9-10,12-15,29H,8,11H2,(H,25,27). The minimum atomic E-state index is -0.645. The molecule has 2 heterocycles. The van der Waals surface area contributed by atoms with E-state index in [1.165, 1.54) is 6.07 Å². The number of carbonyl (C=O) groups excluding carboxylic acids is 1. The van der Waals surface area contributed by atoms with Crippen molar-refractivity contribution in [2.24, 2.45) is 0 Å². The van der Waals surface area contributed by atoms with Crippen LogP contribution in [0.1, 0.15) is 15.9 Å². The van der Waals surface area contributed by atoms with Gasteiger partial charge in [-0.1, -0.05) is 36.4 Å². The van der Waals surface area contributed by atoms with E-state index in [0.29, 0.717) is 18.4 Å². The zero-order valence-corrected chi connectivity index (χ0v) is 15.6. The second kappa shape index (κ2) is 8.08. The molecule has 0 aliphatic heterocycles. The second-order valence-corrected chi connectivity index (χ2v) is 6.75. The largest absolute Gasteiger partial charge is 0.315 e. The molecule has 2 aromatic carbocycles. The van der Waals surface area contributed by atoms with Crippen molar-refractivity contribution in [1.82, 2.24) is 15.0 Å². The summed E-state index contributed by atoms with van der Waals surface area (Å²) < 4.78 is 1.64. The van der Waals surface area contributed by atoms with Crippen molar-refractivity contribution in [3.63, 3.8) is 0 Å². The van der Waals surface area contributed by atoms with Crippen molar-refractivity contribution >= 4 is 16.7 Å². The number of rotatable bonds is 5. The molecule has 29 heavy (non-hydrogen) atoms. The third-order valence-corrected chi connectivity index (χ3v) is 4.91. The zero-order valence-electron chi connectivity index (χ0n) is 15.6. The molecule has 0 saturated heterocycles. The molecule has 4 aromatic rings. The summed E-state index contributed by atoms with van der Waals surface area (Å²) >= 11 is 0. The molecule has 0 aliphatic carbocycles. The van der Waals surface area contributed by atoms with Crippen LogP contribution >= 0.6 is 0 Å². The van der Waals surface area contributed by atoms with E-state index in [0.717, 1.165) is 22.1 Å². The van der Waals surface area contributed by atoms with Gasteiger partial charge in [0.25, 0.3) is 11.5 Å². The highest BCUT2D eigenvalue weighted by atomic mass is 16.5. The highest BCUT2D eigenvalue weighted by Gasteiger charge is 2.09. The molecule has 2 N–H and O–H groups in total. The summed E-state index contributed by atoms with van der Waals surface area (Å²) in [6, 6.07) is 18.7. The molecule has 0 fully saturated rings. The quantitative estimate of drug-likeness (QED) is 0.407. The highest BCUT2D eigenvalue weighted by Crippen LogP contribution is 2.20. The van der Waals surface area contributed by atoms with Gasteiger partial charge in [0.2, 0.25) is 0 Å². The average molecular weight is 385 g/mol. The monoisotopic (exact) mass is 385 g/mol. The van der Waals surface area contributed by atoms with E-state index in [9.17, 15) is 9.59 Å². The molecule has 0 spiro atoms. The second-order valence-electron chi connectivity index (χ2n) is 6.75. The summed E-state index contributed by atoms with van der Waals surface area (Å²) in [5, 5.41) is 10.0. The summed E-state index contributed by atoms with van der Waals surface area (Å²) in [6.07, 6.45) is 6.03. The minimum Gasteiger partial charge on any atom is -0.315 e. The number of hydrogen-bond acceptors (Lipinski definition) is 4. The minimum absolute atomic E-state index is 0.168. The van der Waals surface area contributed by atoms with Crippen molar-refractivity contribution < 1.29 is 10.0 Å². The fraction of sp³-hybridized carbons (Fsp3) is 0.0870. The maximum Gasteiger partial charge on any atom is 0.274 e. The van der Waals surface area contributed by atoms with Gasteiger partial charge in [0.15, 0.2) is 0 Å². The Morgan fingerprint density at radius 1 is 1.03 bits per heavy atom. The molecular formula is C23H19N3O3. The Labute approximate surface area is 167 Å². The Bertz CT molecular complexity index is 1230. The first kappa shape index (κ1) is 18.6. The first-order valence-electron chi connectivity index (χ1n) is 9.23. The molecule has 0 aliphatic rings. The van der Waals surface area contributed by atoms with Crippen LogP contribution in [0.2, 0.25) is 0 Å². The number of nitrogens with one attached hydrogen (secondary N) is 1. The molecule has 0 atom stereocenters. The number of benzene rings is 2. The maximum atomic E-state index is 12.9. The average Bonchev–Trinajstić information content (AvgIpc) is 2.79. The van der Waals surface area contributed by atoms with Crippen LogP contribution < -0.4 is 11.0 Å². The predicted molar refractivity (Wildman–Crippen MR) is 111 cm³/mol. The van der Waals surface area contributed by atoms with Crippen molar-refractivity contribution in [2.75, 3.05) is 0 Å². The van der Waals surface area contributed by atoms with Crippen LogP contribution in [-0.4, -0.2) is 20.7 Å². The molecule has 4 rings (SSSR count). The number of pyridine rings is 2. The normalized spacial score (nSPS) is 10.8. The van der Waals surface area contributed by atoms with Gasteiger partial charge in [-0.2, -0.15) is 0 Å². The van der Waals surface area contributed by atoms with Gasteiger partial charge in [-0.3, -0.25) is 19.8 Å². The maximum absolute atomic E-state index is 12.9. The van der Waals surface area contributed by atoms with Gasteiger partial charge in [0.05, 0.1) is 0 Å². The summed E-state index contributed by atoms with van der Waals surface area (Å²) in [5.74, 6) is -0.645. The molecule has 1 amide bonds. The molecule has 6 heteroatoms. The van der Waals surface area contributed by atoms with Crippen molar-refractivity contribution in [2.45, 2.75) is 13.0 Å². The van der Waals surface area contributed by atoms with Gasteiger partial charge < -0.3 is 4.57 Å². The first-order valence-corrected chi connectivity index (χ1v) is 9.23. The van der Waals surface area contributed by atoms with Gasteiger partial charge >= 0.3 is 0 Å². The van der Waals surface area contributed by atoms with Crippen molar-refractivity contribution in [3.05, 3.63) is 101 Å². The van der Waals surface area contributed by atoms with Crippen LogP contribution in [0.5, 0.6) is 0 Å². The van der Waals surface area contributed by atoms with E-state index < -0.39 is 5.91 Å². The fourth-order valence-electron chi connectivity index (χ4n) is 3.35. The molecule has 0 saturated carbocycles. The number of carbonyl (C=O) groups is 1. The Kier molecular flexibility index (Phi) is 5.18. The van der Waals surface area contributed by atoms with Gasteiger partial charge in [-0.25, -0.2) is 5.48 Å². The third kappa shape index (κ3) is 3.93. The fourth-order valence-corrected chi connectivity index (χ4v) is 3.35. The molecule has 0 radical (unpaired) electrons. The van der Waals surface area contributed by atoms with Crippen LogP contribution in [0.15, 0.2) is 84.0 Å². The molecule has 2 aromatic heterocycles. The van der Waals surface area contributed by atoms with E-state index in [2.05, 4.69) is 11.1 Å². The summed E-state index contributed by atoms with van der Waals surface area (Å²) in [5.41, 5.74) is 4.91. The Morgan fingerprint density at radius 2 is 1.90 bits per heavy atom. The predicted octanol–water partition coefficient (Wildman–Crippen LogP) is 3.43. The number of hydrogen-bond donors (Lipinski definition) is 2. The molecule has 0 bridgehead atoms. The number of fused-ring (bicyclic) bond motifs is 1. The van der Waals surface area contributed by atoms with E-state index in [1.807, 2.05) is 42.6 Å². The smallest absolute Gasteiger partial charge is 0.274 e. The van der Waals surface area contributed by atoms with Crippen molar-refractivity contribution in [1.29, 1.82) is 0 Å². The van der Waals surface area contributed by atoms with E-state index in [-0.39, 0.29) is 11.1 Å². The lowest BCUT2D eigenvalue weighted by Gasteiger charge is -2.09. The zero-order chi connectivity index (χ0) is 20.2. The van der Waals surface area contributed by atoms with E-state index in [1.54, 1.807) is 34.6 Å². The SMILES string of the molecule is O=C(NO)c1ccc2ccn(CCc3cccc(-c4cccnc4)c3)c(=O)c2c1. The molecule has 0 unspecified atom stereocenters. The number of amides is 1. The van der Waals surface area contributed by atoms with Gasteiger partial charge in [0.1, 0.15) is 0 Å². The lowest BCUT2D eigenvalue weighted by atomic mass is 10.0. The Hall–Kier alpha value is -3.77. The first-order chi connectivity index (χ1) is 14.2. The number of hydroxylamine groups is 1. The van der Waals surface area contributed by atoms with Crippen LogP contribution in [-0.2, 0) is 13.0 Å². The van der Waals surface area contributed by atoms with Crippen molar-refractivity contribution in [3.8, 4) is 11.1 Å². The topological polar surface area (TPSA) is 84.2 Å². The molecular weight excluding hydrogens is 366 g/mol. The summed E-state index contributed by atoms with van der Waals surface area (Å²) in [6.45, 7) is 0.516. The van der Waals surface area contributed by atoms with E-state index in [4.69, 9.17) is 5.21 Å². The molecule has 6 nitrogen and oxygen atoms in total. The van der Waals surface area contributed by atoms with Gasteiger partial charge in [-0.15, -0.1) is 0 Å². The third-order valence-electron chi connectivity index (χ3n) is 4.91. The number of aryl methyl sites for hydroxylation is 2. The van der Waals surface area contributed by atoms with Crippen LogP contribution in [0.4, 0.5) is 0 Å². The highest BCUT2D eigenvalue weighted by molar-refractivity contribution is 5.97. The molecule has 144 valence electrons. The van der Waals surface area contributed by atoms with Crippen LogP contribution in [0.25, 0.3) is 21.9 Å². The van der Waals surface area contributed by atoms with Gasteiger partial charge in [-0.05, 0) is 52.8 Å². The lowest BCUT2D eigenvalue weighted by Crippen LogP contribution is -2.22. The Balaban J connectivity index is 1.59. The van der Waals surface area contributed by atoms with Crippen LogP contribution in [0.3, 0.4) is 0 Å². The van der Waals surface area contributed by atoms with Gasteiger partial charge in [0, 0.05) is 36.1 Å². The number of aromatic nitrogens is 2.